The number of rotatable bonds is 4. The molecule has 0 saturated carbocycles. The number of carbonyl (C=O) groups is 1. The first kappa shape index (κ1) is 18.8. The van der Waals surface area contributed by atoms with Crippen LogP contribution < -0.4 is 4.74 Å². The third-order valence-corrected chi connectivity index (χ3v) is 6.73. The lowest BCUT2D eigenvalue weighted by atomic mass is 9.74. The summed E-state index contributed by atoms with van der Waals surface area (Å²) in [7, 11) is 0. The first-order valence-electron chi connectivity index (χ1n) is 9.67. The van der Waals surface area contributed by atoms with E-state index < -0.39 is 5.41 Å². The molecule has 28 heavy (non-hydrogen) atoms. The van der Waals surface area contributed by atoms with Crippen LogP contribution in [0.3, 0.4) is 0 Å². The molecule has 0 bridgehead atoms. The predicted octanol–water partition coefficient (Wildman–Crippen LogP) is 3.66. The molecule has 5 nitrogen and oxygen atoms in total. The van der Waals surface area contributed by atoms with Crippen molar-refractivity contribution in [2.45, 2.75) is 30.8 Å². The van der Waals surface area contributed by atoms with Crippen molar-refractivity contribution in [3.63, 3.8) is 0 Å². The van der Waals surface area contributed by atoms with Crippen LogP contribution in [0, 0.1) is 11.3 Å². The van der Waals surface area contributed by atoms with Gasteiger partial charge in [0.25, 0.3) is 5.91 Å². The highest BCUT2D eigenvalue weighted by molar-refractivity contribution is 7.99. The summed E-state index contributed by atoms with van der Waals surface area (Å²) in [5, 5.41) is 9.83. The highest BCUT2D eigenvalue weighted by Gasteiger charge is 2.37. The van der Waals surface area contributed by atoms with E-state index in [1.165, 1.54) is 0 Å². The second-order valence-electron chi connectivity index (χ2n) is 7.34. The van der Waals surface area contributed by atoms with Crippen molar-refractivity contribution in [3.8, 4) is 11.9 Å². The van der Waals surface area contributed by atoms with Crippen molar-refractivity contribution >= 4 is 17.7 Å². The Morgan fingerprint density at radius 3 is 2.71 bits per heavy atom. The molecule has 6 heteroatoms. The fourth-order valence-electron chi connectivity index (χ4n) is 3.88. The van der Waals surface area contributed by atoms with E-state index in [0.717, 1.165) is 23.5 Å². The van der Waals surface area contributed by atoms with Crippen molar-refractivity contribution in [1.82, 2.24) is 9.88 Å². The van der Waals surface area contributed by atoms with Gasteiger partial charge in [-0.3, -0.25) is 4.79 Å². The molecule has 2 fully saturated rings. The lowest BCUT2D eigenvalue weighted by molar-refractivity contribution is 0.0691. The van der Waals surface area contributed by atoms with Gasteiger partial charge >= 0.3 is 0 Å². The van der Waals surface area contributed by atoms with Crippen LogP contribution in [0.25, 0.3) is 0 Å². The minimum absolute atomic E-state index is 0.0207. The third kappa shape index (κ3) is 3.85. The summed E-state index contributed by atoms with van der Waals surface area (Å²) < 4.78 is 5.92. The molecule has 144 valence electrons. The van der Waals surface area contributed by atoms with Gasteiger partial charge in [-0.25, -0.2) is 4.98 Å². The summed E-state index contributed by atoms with van der Waals surface area (Å²) in [4.78, 5) is 19.1. The zero-order valence-corrected chi connectivity index (χ0v) is 16.5. The largest absolute Gasteiger partial charge is 0.473 e. The summed E-state index contributed by atoms with van der Waals surface area (Å²) in [6, 6.07) is 15.9. The van der Waals surface area contributed by atoms with Crippen molar-refractivity contribution < 1.29 is 9.53 Å². The fraction of sp³-hybridized carbons (Fsp3) is 0.409. The highest BCUT2D eigenvalue weighted by Crippen LogP contribution is 2.35. The molecule has 4 rings (SSSR count). The minimum atomic E-state index is -0.509. The average molecular weight is 394 g/mol. The molecule has 2 saturated heterocycles. The molecule has 2 aromatic rings. The number of benzene rings is 1. The van der Waals surface area contributed by atoms with Crippen LogP contribution in [0.15, 0.2) is 48.7 Å². The second-order valence-corrected chi connectivity index (χ2v) is 8.49. The molecule has 0 aliphatic carbocycles. The molecule has 0 spiro atoms. The van der Waals surface area contributed by atoms with Gasteiger partial charge in [-0.15, -0.1) is 0 Å². The zero-order chi connectivity index (χ0) is 19.4. The SMILES string of the molecule is N#CC1(c2ccccc2)CCN(C(=O)c2ccnc(OC3CCSC3)c2)CC1. The first-order valence-corrected chi connectivity index (χ1v) is 10.8. The number of piperidine rings is 1. The molecule has 2 aliphatic heterocycles. The summed E-state index contributed by atoms with van der Waals surface area (Å²) in [5.41, 5.74) is 1.13. The quantitative estimate of drug-likeness (QED) is 0.793. The smallest absolute Gasteiger partial charge is 0.254 e. The Kier molecular flexibility index (Phi) is 5.54. The molecule has 1 aromatic carbocycles. The number of thioether (sulfide) groups is 1. The number of likely N-dealkylation sites (tertiary alicyclic amines) is 1. The maximum atomic E-state index is 13.0. The van der Waals surface area contributed by atoms with Crippen LogP contribution in [0.5, 0.6) is 5.88 Å². The van der Waals surface area contributed by atoms with Crippen LogP contribution >= 0.6 is 11.8 Å². The van der Waals surface area contributed by atoms with Crippen molar-refractivity contribution in [1.29, 1.82) is 5.26 Å². The van der Waals surface area contributed by atoms with Gasteiger partial charge in [0.2, 0.25) is 5.88 Å². The molecule has 1 aromatic heterocycles. The number of ether oxygens (including phenoxy) is 1. The number of amides is 1. The molecular formula is C22H23N3O2S. The van der Waals surface area contributed by atoms with Crippen LogP contribution in [0.1, 0.15) is 35.2 Å². The van der Waals surface area contributed by atoms with Crippen LogP contribution in [-0.4, -0.2) is 46.5 Å². The lowest BCUT2D eigenvalue weighted by Crippen LogP contribution is -2.44. The van der Waals surface area contributed by atoms with E-state index in [1.54, 1.807) is 18.3 Å². The number of hydrogen-bond acceptors (Lipinski definition) is 5. The van der Waals surface area contributed by atoms with Gasteiger partial charge < -0.3 is 9.64 Å². The maximum Gasteiger partial charge on any atom is 0.254 e. The van der Waals surface area contributed by atoms with E-state index in [9.17, 15) is 10.1 Å². The van der Waals surface area contributed by atoms with Crippen molar-refractivity contribution in [2.24, 2.45) is 0 Å². The van der Waals surface area contributed by atoms with E-state index in [-0.39, 0.29) is 12.0 Å². The first-order chi connectivity index (χ1) is 13.7. The summed E-state index contributed by atoms with van der Waals surface area (Å²) in [6.07, 6.45) is 4.13. The lowest BCUT2D eigenvalue weighted by Gasteiger charge is -2.37. The molecule has 1 unspecified atom stereocenters. The zero-order valence-electron chi connectivity index (χ0n) is 15.7. The normalized spacial score (nSPS) is 21.1. The number of nitrogens with zero attached hydrogens (tertiary/aromatic N) is 3. The third-order valence-electron chi connectivity index (χ3n) is 5.60. The Balaban J connectivity index is 1.43. The van der Waals surface area contributed by atoms with Gasteiger partial charge in [-0.1, -0.05) is 30.3 Å². The number of aromatic nitrogens is 1. The van der Waals surface area contributed by atoms with Gasteiger partial charge in [0.1, 0.15) is 6.10 Å². The molecule has 0 radical (unpaired) electrons. The monoisotopic (exact) mass is 393 g/mol. The van der Waals surface area contributed by atoms with Gasteiger partial charge in [-0.05, 0) is 36.6 Å². The van der Waals surface area contributed by atoms with Crippen molar-refractivity contribution in [2.75, 3.05) is 24.6 Å². The number of nitriles is 1. The Hall–Kier alpha value is -2.52. The Bertz CT molecular complexity index is 867. The highest BCUT2D eigenvalue weighted by atomic mass is 32.2. The molecule has 3 heterocycles. The van der Waals surface area contributed by atoms with E-state index in [0.29, 0.717) is 37.4 Å². The van der Waals surface area contributed by atoms with Crippen molar-refractivity contribution in [3.05, 3.63) is 59.8 Å². The summed E-state index contributed by atoms with van der Waals surface area (Å²) >= 11 is 1.88. The number of hydrogen-bond donors (Lipinski definition) is 0. The molecule has 0 N–H and O–H groups in total. The Morgan fingerprint density at radius 1 is 1.25 bits per heavy atom. The number of carbonyl (C=O) groups excluding carboxylic acids is 1. The topological polar surface area (TPSA) is 66.2 Å². The molecule has 1 amide bonds. The standard InChI is InChI=1S/C22H23N3O2S/c23-16-22(18-4-2-1-3-5-18)8-11-25(12-9-22)21(26)17-6-10-24-20(14-17)27-19-7-13-28-15-19/h1-6,10,14,19H,7-9,11-13,15H2. The van der Waals surface area contributed by atoms with Crippen LogP contribution in [-0.2, 0) is 5.41 Å². The van der Waals surface area contributed by atoms with E-state index >= 15 is 0 Å². The number of pyridine rings is 1. The predicted molar refractivity (Wildman–Crippen MR) is 109 cm³/mol. The molecule has 1 atom stereocenters. The average Bonchev–Trinajstić information content (AvgIpc) is 3.27. The summed E-state index contributed by atoms with van der Waals surface area (Å²) in [5.74, 6) is 2.58. The van der Waals surface area contributed by atoms with Crippen LogP contribution in [0.4, 0.5) is 0 Å². The summed E-state index contributed by atoms with van der Waals surface area (Å²) in [6.45, 7) is 1.14. The van der Waals surface area contributed by atoms with Crippen LogP contribution in [0.2, 0.25) is 0 Å². The Labute approximate surface area is 169 Å². The van der Waals surface area contributed by atoms with E-state index in [2.05, 4.69) is 11.1 Å². The molecular weight excluding hydrogens is 370 g/mol. The van der Waals surface area contributed by atoms with Gasteiger partial charge in [0.15, 0.2) is 0 Å². The second kappa shape index (κ2) is 8.24. The minimum Gasteiger partial charge on any atom is -0.473 e. The van der Waals surface area contributed by atoms with Gasteiger partial charge in [0, 0.05) is 36.7 Å². The van der Waals surface area contributed by atoms with E-state index in [4.69, 9.17) is 4.74 Å². The fourth-order valence-corrected chi connectivity index (χ4v) is 4.97. The van der Waals surface area contributed by atoms with E-state index in [1.807, 2.05) is 47.0 Å². The Morgan fingerprint density at radius 2 is 2.04 bits per heavy atom. The molecule has 2 aliphatic rings. The van der Waals surface area contributed by atoms with Gasteiger partial charge in [0.05, 0.1) is 11.5 Å². The maximum absolute atomic E-state index is 13.0. The van der Waals surface area contributed by atoms with Gasteiger partial charge in [-0.2, -0.15) is 17.0 Å².